The van der Waals surface area contributed by atoms with Crippen molar-refractivity contribution < 1.29 is 21.2 Å². The number of hydrogen-bond donors (Lipinski definition) is 0. The third-order valence-corrected chi connectivity index (χ3v) is 0.471. The first kappa shape index (κ1) is 10.8. The Balaban J connectivity index is 0. The summed E-state index contributed by atoms with van der Waals surface area (Å²) in [7, 11) is 0. The number of hydrogen-bond acceptors (Lipinski definition) is 1. The van der Waals surface area contributed by atoms with Crippen molar-refractivity contribution in [3.8, 4) is 0 Å². The summed E-state index contributed by atoms with van der Waals surface area (Å²) in [5, 5.41) is 0. The summed E-state index contributed by atoms with van der Waals surface area (Å²) < 4.78 is 4.90. The van der Waals surface area contributed by atoms with Crippen molar-refractivity contribution >= 4 is 0 Å². The van der Waals surface area contributed by atoms with E-state index in [9.17, 15) is 0 Å². The molecule has 0 bridgehead atoms. The van der Waals surface area contributed by atoms with Crippen molar-refractivity contribution in [2.45, 2.75) is 0 Å². The van der Waals surface area contributed by atoms with Gasteiger partial charge in [-0.2, -0.15) is 0 Å². The first-order valence-corrected chi connectivity index (χ1v) is 2.21. The zero-order valence-electron chi connectivity index (χ0n) is 4.71. The molecule has 0 spiro atoms. The molecule has 0 unspecified atom stereocenters. The Bertz CT molecular complexity index is 53.5. The molecule has 0 aliphatic carbocycles. The Labute approximate surface area is 60.3 Å². The third-order valence-electron chi connectivity index (χ3n) is 0.471. The van der Waals surface area contributed by atoms with Gasteiger partial charge < -0.3 is 4.74 Å². The third kappa shape index (κ3) is 9.33. The number of ether oxygens (including phenoxy) is 1. The fraction of sp³-hybridized carbons (Fsp3) is 0.333. The van der Waals surface area contributed by atoms with Gasteiger partial charge in [0.25, 0.3) is 0 Å². The van der Waals surface area contributed by atoms with Crippen LogP contribution in [0.25, 0.3) is 0 Å². The van der Waals surface area contributed by atoms with E-state index in [4.69, 9.17) is 4.74 Å². The van der Waals surface area contributed by atoms with Crippen molar-refractivity contribution in [3.63, 3.8) is 0 Å². The van der Waals surface area contributed by atoms with Gasteiger partial charge in [0.05, 0.1) is 13.2 Å². The Morgan fingerprint density at radius 2 is 1.50 bits per heavy atom. The van der Waals surface area contributed by atoms with Crippen molar-refractivity contribution in [3.05, 3.63) is 25.3 Å². The summed E-state index contributed by atoms with van der Waals surface area (Å²) in [5.41, 5.74) is 0. The SMILES string of the molecule is C=CCOCC=C.[Ni]. The molecule has 0 aliphatic rings. The van der Waals surface area contributed by atoms with Gasteiger partial charge in [-0.3, -0.25) is 0 Å². The van der Waals surface area contributed by atoms with Crippen LogP contribution < -0.4 is 0 Å². The summed E-state index contributed by atoms with van der Waals surface area (Å²) in [6, 6.07) is 0. The molecule has 2 heteroatoms. The average molecular weight is 157 g/mol. The van der Waals surface area contributed by atoms with Gasteiger partial charge in [-0.25, -0.2) is 0 Å². The Kier molecular flexibility index (Phi) is 13.6. The van der Waals surface area contributed by atoms with Gasteiger partial charge in [0.1, 0.15) is 0 Å². The zero-order chi connectivity index (χ0) is 5.54. The van der Waals surface area contributed by atoms with Crippen molar-refractivity contribution in [2.24, 2.45) is 0 Å². The van der Waals surface area contributed by atoms with E-state index in [1.165, 1.54) is 0 Å². The molecular formula is C6H10NiO. The second kappa shape index (κ2) is 10.0. The molecule has 50 valence electrons. The molecule has 0 atom stereocenters. The first-order valence-electron chi connectivity index (χ1n) is 2.21. The molecule has 1 nitrogen and oxygen atoms in total. The van der Waals surface area contributed by atoms with Gasteiger partial charge in [0, 0.05) is 16.5 Å². The molecule has 0 saturated heterocycles. The monoisotopic (exact) mass is 156 g/mol. The summed E-state index contributed by atoms with van der Waals surface area (Å²) in [6.45, 7) is 8.18. The van der Waals surface area contributed by atoms with Crippen molar-refractivity contribution in [1.29, 1.82) is 0 Å². The maximum Gasteiger partial charge on any atom is 0.0649 e. The topological polar surface area (TPSA) is 9.23 Å². The molecule has 0 aromatic rings. The number of rotatable bonds is 4. The molecule has 0 heterocycles. The van der Waals surface area contributed by atoms with Gasteiger partial charge in [0.15, 0.2) is 0 Å². The second-order valence-corrected chi connectivity index (χ2v) is 1.11. The Morgan fingerprint density at radius 1 is 1.12 bits per heavy atom. The molecule has 0 aliphatic heterocycles. The molecule has 0 aromatic carbocycles. The molecule has 8 heavy (non-hydrogen) atoms. The van der Waals surface area contributed by atoms with Crippen LogP contribution in [-0.2, 0) is 21.2 Å². The van der Waals surface area contributed by atoms with Gasteiger partial charge in [-0.15, -0.1) is 13.2 Å². The summed E-state index contributed by atoms with van der Waals surface area (Å²) in [5.74, 6) is 0. The van der Waals surface area contributed by atoms with Crippen LogP contribution in [0.2, 0.25) is 0 Å². The van der Waals surface area contributed by atoms with Crippen LogP contribution in [0.15, 0.2) is 25.3 Å². The molecule has 0 N–H and O–H groups in total. The average Bonchev–Trinajstić information content (AvgIpc) is 1.69. The standard InChI is InChI=1S/C6H10O.Ni/c1-3-5-7-6-4-2;/h3-4H,1-2,5-6H2;. The summed E-state index contributed by atoms with van der Waals surface area (Å²) in [4.78, 5) is 0. The molecule has 0 rings (SSSR count). The molecule has 0 radical (unpaired) electrons. The molecule has 0 aromatic heterocycles. The molecule has 0 fully saturated rings. The van der Waals surface area contributed by atoms with E-state index in [1.807, 2.05) is 0 Å². The van der Waals surface area contributed by atoms with Crippen molar-refractivity contribution in [1.82, 2.24) is 0 Å². The van der Waals surface area contributed by atoms with Crippen LogP contribution in [0.3, 0.4) is 0 Å². The molecular weight excluding hydrogens is 147 g/mol. The van der Waals surface area contributed by atoms with E-state index in [-0.39, 0.29) is 16.5 Å². The maximum atomic E-state index is 4.90. The van der Waals surface area contributed by atoms with Gasteiger partial charge >= 0.3 is 0 Å². The molecule has 0 saturated carbocycles. The zero-order valence-corrected chi connectivity index (χ0v) is 5.70. The maximum absolute atomic E-state index is 4.90. The fourth-order valence-electron chi connectivity index (χ4n) is 0.235. The van der Waals surface area contributed by atoms with Crippen LogP contribution in [0.1, 0.15) is 0 Å². The first-order chi connectivity index (χ1) is 3.41. The van der Waals surface area contributed by atoms with Gasteiger partial charge in [-0.05, 0) is 0 Å². The minimum absolute atomic E-state index is 0. The Morgan fingerprint density at radius 3 is 1.75 bits per heavy atom. The quantitative estimate of drug-likeness (QED) is 0.340. The van der Waals surface area contributed by atoms with Crippen LogP contribution in [0.5, 0.6) is 0 Å². The Hall–Kier alpha value is -0.0665. The molecule has 0 amide bonds. The predicted octanol–water partition coefficient (Wildman–Crippen LogP) is 1.37. The van der Waals surface area contributed by atoms with Gasteiger partial charge in [-0.1, -0.05) is 12.2 Å². The van der Waals surface area contributed by atoms with Crippen LogP contribution in [0.4, 0.5) is 0 Å². The van der Waals surface area contributed by atoms with Gasteiger partial charge in [0.2, 0.25) is 0 Å². The smallest absolute Gasteiger partial charge is 0.0649 e. The fourth-order valence-corrected chi connectivity index (χ4v) is 0.235. The minimum atomic E-state index is 0. The summed E-state index contributed by atoms with van der Waals surface area (Å²) in [6.07, 6.45) is 3.42. The van der Waals surface area contributed by atoms with E-state index < -0.39 is 0 Å². The van der Waals surface area contributed by atoms with E-state index in [0.29, 0.717) is 13.2 Å². The summed E-state index contributed by atoms with van der Waals surface area (Å²) >= 11 is 0. The van der Waals surface area contributed by atoms with Crippen LogP contribution in [-0.4, -0.2) is 13.2 Å². The largest absolute Gasteiger partial charge is 0.373 e. The van der Waals surface area contributed by atoms with Crippen LogP contribution >= 0.6 is 0 Å². The van der Waals surface area contributed by atoms with E-state index in [0.717, 1.165) is 0 Å². The van der Waals surface area contributed by atoms with E-state index in [2.05, 4.69) is 13.2 Å². The predicted molar refractivity (Wildman–Crippen MR) is 31.2 cm³/mol. The second-order valence-electron chi connectivity index (χ2n) is 1.11. The minimum Gasteiger partial charge on any atom is -0.373 e. The van der Waals surface area contributed by atoms with E-state index in [1.54, 1.807) is 12.2 Å². The van der Waals surface area contributed by atoms with Crippen LogP contribution in [0, 0.1) is 0 Å². The van der Waals surface area contributed by atoms with Crippen molar-refractivity contribution in [2.75, 3.05) is 13.2 Å². The normalized spacial score (nSPS) is 7.00. The van der Waals surface area contributed by atoms with E-state index >= 15 is 0 Å².